The summed E-state index contributed by atoms with van der Waals surface area (Å²) in [5.41, 5.74) is 5.36. The molecular formula is C17H33N3O. The van der Waals surface area contributed by atoms with E-state index in [1.807, 2.05) is 0 Å². The molecule has 0 aliphatic heterocycles. The number of nitrogens with zero attached hydrogens (tertiary/aromatic N) is 1. The maximum absolute atomic E-state index is 12.3. The van der Waals surface area contributed by atoms with E-state index in [2.05, 4.69) is 24.1 Å². The molecule has 0 heterocycles. The van der Waals surface area contributed by atoms with Gasteiger partial charge in [0.15, 0.2) is 0 Å². The number of hydrogen-bond donors (Lipinski definition) is 2. The Kier molecular flexibility index (Phi) is 6.06. The Morgan fingerprint density at radius 3 is 2.33 bits per heavy atom. The van der Waals surface area contributed by atoms with Crippen LogP contribution in [0, 0.1) is 5.92 Å². The summed E-state index contributed by atoms with van der Waals surface area (Å²) in [6.07, 6.45) is 9.90. The van der Waals surface area contributed by atoms with E-state index in [4.69, 9.17) is 5.73 Å². The molecule has 3 N–H and O–H groups in total. The third kappa shape index (κ3) is 3.98. The summed E-state index contributed by atoms with van der Waals surface area (Å²) in [6, 6.07) is 0.643. The molecular weight excluding hydrogens is 262 g/mol. The van der Waals surface area contributed by atoms with Crippen molar-refractivity contribution in [1.29, 1.82) is 0 Å². The highest BCUT2D eigenvalue weighted by molar-refractivity contribution is 5.86. The lowest BCUT2D eigenvalue weighted by atomic mass is 9.88. The summed E-state index contributed by atoms with van der Waals surface area (Å²) in [4.78, 5) is 14.8. The van der Waals surface area contributed by atoms with E-state index in [1.165, 1.54) is 32.1 Å². The Bertz CT molecular complexity index is 337. The monoisotopic (exact) mass is 295 g/mol. The van der Waals surface area contributed by atoms with Gasteiger partial charge < -0.3 is 11.1 Å². The van der Waals surface area contributed by atoms with Crippen molar-refractivity contribution in [2.45, 2.75) is 76.8 Å². The molecule has 0 saturated heterocycles. The highest BCUT2D eigenvalue weighted by Crippen LogP contribution is 2.41. The van der Waals surface area contributed by atoms with E-state index in [9.17, 15) is 4.79 Å². The predicted octanol–water partition coefficient (Wildman–Crippen LogP) is 2.27. The lowest BCUT2D eigenvalue weighted by Gasteiger charge is -2.41. The number of amides is 1. The molecule has 2 fully saturated rings. The van der Waals surface area contributed by atoms with E-state index in [-0.39, 0.29) is 5.91 Å². The number of hydrogen-bond acceptors (Lipinski definition) is 3. The van der Waals surface area contributed by atoms with Crippen molar-refractivity contribution in [2.24, 2.45) is 11.7 Å². The van der Waals surface area contributed by atoms with Crippen molar-refractivity contribution < 1.29 is 4.79 Å². The molecule has 2 aliphatic rings. The molecule has 4 heteroatoms. The number of rotatable bonds is 9. The zero-order chi connectivity index (χ0) is 15.3. The molecule has 122 valence electrons. The number of nitrogens with two attached hydrogens (primary N) is 1. The van der Waals surface area contributed by atoms with Crippen LogP contribution in [0.15, 0.2) is 0 Å². The van der Waals surface area contributed by atoms with Crippen molar-refractivity contribution >= 4 is 5.91 Å². The predicted molar refractivity (Wildman–Crippen MR) is 87.1 cm³/mol. The Hall–Kier alpha value is -0.610. The van der Waals surface area contributed by atoms with Crippen LogP contribution < -0.4 is 11.1 Å². The first kappa shape index (κ1) is 16.8. The van der Waals surface area contributed by atoms with Gasteiger partial charge in [-0.05, 0) is 51.1 Å². The van der Waals surface area contributed by atoms with Crippen LogP contribution in [-0.2, 0) is 4.79 Å². The van der Waals surface area contributed by atoms with Crippen LogP contribution in [0.1, 0.15) is 65.2 Å². The van der Waals surface area contributed by atoms with Crippen molar-refractivity contribution in [1.82, 2.24) is 10.2 Å². The summed E-state index contributed by atoms with van der Waals surface area (Å²) >= 11 is 0. The quantitative estimate of drug-likeness (QED) is 0.686. The summed E-state index contributed by atoms with van der Waals surface area (Å²) in [7, 11) is 0. The van der Waals surface area contributed by atoms with Crippen LogP contribution in [0.25, 0.3) is 0 Å². The second-order valence-electron chi connectivity index (χ2n) is 6.89. The first-order chi connectivity index (χ1) is 10.1. The van der Waals surface area contributed by atoms with E-state index in [1.54, 1.807) is 0 Å². The van der Waals surface area contributed by atoms with Gasteiger partial charge in [-0.1, -0.05) is 33.1 Å². The van der Waals surface area contributed by atoms with Crippen molar-refractivity contribution in [3.05, 3.63) is 0 Å². The number of carbonyl (C=O) groups excluding carboxylic acids is 1. The Balaban J connectivity index is 2.09. The summed E-state index contributed by atoms with van der Waals surface area (Å²) in [5.74, 6) is 0.298. The fourth-order valence-corrected chi connectivity index (χ4v) is 3.89. The lowest BCUT2D eigenvalue weighted by Crippen LogP contribution is -2.64. The van der Waals surface area contributed by atoms with Crippen LogP contribution in [0.3, 0.4) is 0 Å². The molecule has 1 amide bonds. The third-order valence-electron chi connectivity index (χ3n) is 5.35. The maximum atomic E-state index is 12.3. The maximum Gasteiger partial charge on any atom is 0.239 e. The van der Waals surface area contributed by atoms with Crippen LogP contribution in [0.4, 0.5) is 0 Å². The molecule has 0 aromatic heterocycles. The topological polar surface area (TPSA) is 58.4 Å². The average molecular weight is 295 g/mol. The van der Waals surface area contributed by atoms with Gasteiger partial charge in [-0.25, -0.2) is 0 Å². The Morgan fingerprint density at radius 1 is 1.19 bits per heavy atom. The lowest BCUT2D eigenvalue weighted by molar-refractivity contribution is -0.126. The van der Waals surface area contributed by atoms with Gasteiger partial charge in [0.1, 0.15) is 5.54 Å². The van der Waals surface area contributed by atoms with Crippen LogP contribution in [-0.4, -0.2) is 42.0 Å². The summed E-state index contributed by atoms with van der Waals surface area (Å²) in [5, 5.41) is 3.53. The van der Waals surface area contributed by atoms with E-state index in [0.717, 1.165) is 38.9 Å². The van der Waals surface area contributed by atoms with Crippen molar-refractivity contribution in [2.75, 3.05) is 19.6 Å². The zero-order valence-corrected chi connectivity index (χ0v) is 13.9. The average Bonchev–Trinajstić information content (AvgIpc) is 3.33. The molecule has 2 rings (SSSR count). The molecule has 0 radical (unpaired) electrons. The summed E-state index contributed by atoms with van der Waals surface area (Å²) < 4.78 is 0. The molecule has 0 bridgehead atoms. The van der Waals surface area contributed by atoms with E-state index < -0.39 is 5.54 Å². The van der Waals surface area contributed by atoms with Gasteiger partial charge in [-0.3, -0.25) is 9.69 Å². The van der Waals surface area contributed by atoms with Crippen LogP contribution >= 0.6 is 0 Å². The van der Waals surface area contributed by atoms with Crippen LogP contribution in [0.5, 0.6) is 0 Å². The van der Waals surface area contributed by atoms with Gasteiger partial charge in [0, 0.05) is 12.6 Å². The van der Waals surface area contributed by atoms with Gasteiger partial charge in [-0.2, -0.15) is 0 Å². The van der Waals surface area contributed by atoms with Gasteiger partial charge >= 0.3 is 0 Å². The number of nitrogens with one attached hydrogen (secondary N) is 1. The summed E-state index contributed by atoms with van der Waals surface area (Å²) in [6.45, 7) is 7.05. The Morgan fingerprint density at radius 2 is 1.86 bits per heavy atom. The smallest absolute Gasteiger partial charge is 0.239 e. The molecule has 21 heavy (non-hydrogen) atoms. The number of carbonyl (C=O) groups is 1. The van der Waals surface area contributed by atoms with Gasteiger partial charge in [0.25, 0.3) is 0 Å². The van der Waals surface area contributed by atoms with Crippen molar-refractivity contribution in [3.63, 3.8) is 0 Å². The van der Waals surface area contributed by atoms with Gasteiger partial charge in [0.2, 0.25) is 5.91 Å². The fraction of sp³-hybridized carbons (Fsp3) is 0.941. The zero-order valence-electron chi connectivity index (χ0n) is 13.9. The normalized spacial score (nSPS) is 23.2. The van der Waals surface area contributed by atoms with E-state index in [0.29, 0.717) is 12.0 Å². The SMILES string of the molecule is CCCNC(CN(CC)C1CCCCC1)(C(N)=O)C1CC1. The minimum absolute atomic E-state index is 0.146. The van der Waals surface area contributed by atoms with Gasteiger partial charge in [0.05, 0.1) is 0 Å². The van der Waals surface area contributed by atoms with E-state index >= 15 is 0 Å². The third-order valence-corrected chi connectivity index (χ3v) is 5.35. The largest absolute Gasteiger partial charge is 0.368 e. The molecule has 0 aromatic carbocycles. The van der Waals surface area contributed by atoms with Crippen molar-refractivity contribution in [3.8, 4) is 0 Å². The highest BCUT2D eigenvalue weighted by atomic mass is 16.1. The minimum atomic E-state index is -0.497. The molecule has 0 spiro atoms. The van der Waals surface area contributed by atoms with Gasteiger partial charge in [-0.15, -0.1) is 0 Å². The molecule has 1 unspecified atom stereocenters. The molecule has 1 atom stereocenters. The minimum Gasteiger partial charge on any atom is -0.368 e. The second kappa shape index (κ2) is 7.59. The second-order valence-corrected chi connectivity index (χ2v) is 6.89. The first-order valence-electron chi connectivity index (χ1n) is 8.93. The molecule has 2 saturated carbocycles. The fourth-order valence-electron chi connectivity index (χ4n) is 3.89. The number of likely N-dealkylation sites (N-methyl/N-ethyl adjacent to an activating group) is 1. The van der Waals surface area contributed by atoms with Crippen LogP contribution in [0.2, 0.25) is 0 Å². The number of primary amides is 1. The Labute approximate surface area is 129 Å². The molecule has 4 nitrogen and oxygen atoms in total. The standard InChI is InChI=1S/C17H33N3O/c1-3-12-19-17(16(18)21,14-10-11-14)13-20(4-2)15-8-6-5-7-9-15/h14-15,19H,3-13H2,1-2H3,(H2,18,21). The first-order valence-corrected chi connectivity index (χ1v) is 8.93. The molecule has 0 aromatic rings. The highest BCUT2D eigenvalue weighted by Gasteiger charge is 2.50. The molecule has 2 aliphatic carbocycles.